The Labute approximate surface area is 114 Å². The van der Waals surface area contributed by atoms with Crippen molar-refractivity contribution >= 4 is 12.0 Å². The highest BCUT2D eigenvalue weighted by Gasteiger charge is 2.40. The Balaban J connectivity index is 1.74. The number of aliphatic carboxylic acids is 1. The van der Waals surface area contributed by atoms with Crippen molar-refractivity contribution in [1.82, 2.24) is 10.2 Å². The van der Waals surface area contributed by atoms with Crippen LogP contribution in [0.2, 0.25) is 0 Å². The van der Waals surface area contributed by atoms with Gasteiger partial charge in [-0.1, -0.05) is 19.8 Å². The van der Waals surface area contributed by atoms with Gasteiger partial charge in [-0.15, -0.1) is 0 Å². The van der Waals surface area contributed by atoms with Crippen LogP contribution in [0.15, 0.2) is 0 Å². The van der Waals surface area contributed by atoms with Crippen LogP contribution < -0.4 is 5.32 Å². The number of nitrogens with zero attached hydrogens (tertiary/aromatic N) is 1. The van der Waals surface area contributed by atoms with Gasteiger partial charge in [0.25, 0.3) is 0 Å². The summed E-state index contributed by atoms with van der Waals surface area (Å²) in [5, 5.41) is 12.2. The Hall–Kier alpha value is -1.26. The van der Waals surface area contributed by atoms with E-state index >= 15 is 0 Å². The lowest BCUT2D eigenvalue weighted by Crippen LogP contribution is -2.49. The summed E-state index contributed by atoms with van der Waals surface area (Å²) >= 11 is 0. The highest BCUT2D eigenvalue weighted by atomic mass is 16.4. The Kier molecular flexibility index (Phi) is 4.32. The highest BCUT2D eigenvalue weighted by Crippen LogP contribution is 2.35. The molecule has 2 fully saturated rings. The summed E-state index contributed by atoms with van der Waals surface area (Å²) in [6.07, 6.45) is 5.45. The number of carbonyl (C=O) groups excluding carboxylic acids is 1. The van der Waals surface area contributed by atoms with Crippen molar-refractivity contribution in [2.24, 2.45) is 11.3 Å². The van der Waals surface area contributed by atoms with Crippen molar-refractivity contribution in [3.05, 3.63) is 0 Å². The quantitative estimate of drug-likeness (QED) is 0.802. The minimum Gasteiger partial charge on any atom is -0.481 e. The zero-order valence-corrected chi connectivity index (χ0v) is 11.7. The fourth-order valence-corrected chi connectivity index (χ4v) is 2.76. The number of carbonyl (C=O) groups is 2. The number of carboxylic acids is 1. The van der Waals surface area contributed by atoms with E-state index in [2.05, 4.69) is 5.32 Å². The van der Waals surface area contributed by atoms with Gasteiger partial charge in [-0.3, -0.25) is 4.79 Å². The van der Waals surface area contributed by atoms with Crippen LogP contribution in [0, 0.1) is 11.3 Å². The van der Waals surface area contributed by atoms with Crippen LogP contribution in [-0.4, -0.2) is 41.6 Å². The number of amides is 2. The first-order chi connectivity index (χ1) is 9.07. The predicted molar refractivity (Wildman–Crippen MR) is 71.9 cm³/mol. The van der Waals surface area contributed by atoms with Crippen LogP contribution in [0.5, 0.6) is 0 Å². The molecule has 108 valence electrons. The standard InChI is InChI=1S/C14H24N2O3/c1-2-14(12(17)18)6-9-16(10-7-14)13(19)15-8-5-11-3-4-11/h11H,2-10H2,1H3,(H,15,19)(H,17,18). The van der Waals surface area contributed by atoms with Crippen molar-refractivity contribution < 1.29 is 14.7 Å². The first-order valence-corrected chi connectivity index (χ1v) is 7.33. The molecule has 0 aromatic rings. The molecule has 0 bridgehead atoms. The number of hydrogen-bond donors (Lipinski definition) is 2. The molecule has 1 saturated carbocycles. The first kappa shape index (κ1) is 14.2. The topological polar surface area (TPSA) is 69.6 Å². The van der Waals surface area contributed by atoms with Gasteiger partial charge < -0.3 is 15.3 Å². The Morgan fingerprint density at radius 1 is 1.32 bits per heavy atom. The van der Waals surface area contributed by atoms with Crippen LogP contribution in [0.3, 0.4) is 0 Å². The number of rotatable bonds is 5. The molecule has 2 aliphatic rings. The molecule has 5 nitrogen and oxygen atoms in total. The van der Waals surface area contributed by atoms with Gasteiger partial charge in [-0.2, -0.15) is 0 Å². The van der Waals surface area contributed by atoms with Gasteiger partial charge >= 0.3 is 12.0 Å². The third-order valence-electron chi connectivity index (χ3n) is 4.66. The Morgan fingerprint density at radius 2 is 1.95 bits per heavy atom. The van der Waals surface area contributed by atoms with Gasteiger partial charge in [0.2, 0.25) is 0 Å². The molecule has 2 N–H and O–H groups in total. The minimum atomic E-state index is -0.719. The lowest BCUT2D eigenvalue weighted by Gasteiger charge is -2.38. The van der Waals surface area contributed by atoms with E-state index in [1.54, 1.807) is 4.90 Å². The van der Waals surface area contributed by atoms with Gasteiger partial charge in [0.15, 0.2) is 0 Å². The third kappa shape index (κ3) is 3.39. The molecule has 1 aliphatic heterocycles. The maximum atomic E-state index is 11.9. The summed E-state index contributed by atoms with van der Waals surface area (Å²) in [7, 11) is 0. The van der Waals surface area contributed by atoms with Gasteiger partial charge in [0.05, 0.1) is 5.41 Å². The van der Waals surface area contributed by atoms with E-state index in [1.807, 2.05) is 6.92 Å². The highest BCUT2D eigenvalue weighted by molar-refractivity contribution is 5.77. The molecule has 19 heavy (non-hydrogen) atoms. The molecule has 1 saturated heterocycles. The number of hydrogen-bond acceptors (Lipinski definition) is 2. The van der Waals surface area contributed by atoms with Crippen molar-refractivity contribution in [2.45, 2.75) is 45.4 Å². The molecule has 2 rings (SSSR count). The first-order valence-electron chi connectivity index (χ1n) is 7.33. The number of carboxylic acid groups (broad SMARTS) is 1. The second kappa shape index (κ2) is 5.80. The lowest BCUT2D eigenvalue weighted by atomic mass is 9.76. The van der Waals surface area contributed by atoms with E-state index in [-0.39, 0.29) is 6.03 Å². The van der Waals surface area contributed by atoms with Crippen molar-refractivity contribution in [3.63, 3.8) is 0 Å². The monoisotopic (exact) mass is 268 g/mol. The number of nitrogens with one attached hydrogen (secondary N) is 1. The smallest absolute Gasteiger partial charge is 0.317 e. The molecule has 1 heterocycles. The van der Waals surface area contributed by atoms with E-state index in [9.17, 15) is 14.7 Å². The van der Waals surface area contributed by atoms with Gasteiger partial charge in [0.1, 0.15) is 0 Å². The number of urea groups is 1. The molecular formula is C14H24N2O3. The van der Waals surface area contributed by atoms with Crippen LogP contribution in [0.1, 0.15) is 45.4 Å². The Bertz CT molecular complexity index is 345. The maximum absolute atomic E-state index is 11.9. The largest absolute Gasteiger partial charge is 0.481 e. The zero-order valence-electron chi connectivity index (χ0n) is 11.7. The predicted octanol–water partition coefficient (Wildman–Crippen LogP) is 2.07. The number of piperidine rings is 1. The normalized spacial score (nSPS) is 22.1. The molecule has 0 radical (unpaired) electrons. The third-order valence-corrected chi connectivity index (χ3v) is 4.66. The molecule has 0 unspecified atom stereocenters. The van der Waals surface area contributed by atoms with E-state index < -0.39 is 11.4 Å². The van der Waals surface area contributed by atoms with E-state index in [0.29, 0.717) is 32.4 Å². The summed E-state index contributed by atoms with van der Waals surface area (Å²) in [6, 6.07) is -0.0317. The van der Waals surface area contributed by atoms with E-state index in [4.69, 9.17) is 0 Å². The summed E-state index contributed by atoms with van der Waals surface area (Å²) in [5.41, 5.74) is -0.620. The SMILES string of the molecule is CCC1(C(=O)O)CCN(C(=O)NCCC2CC2)CC1. The summed E-state index contributed by atoms with van der Waals surface area (Å²) in [5.74, 6) is 0.102. The average molecular weight is 268 g/mol. The van der Waals surface area contributed by atoms with Crippen molar-refractivity contribution in [3.8, 4) is 0 Å². The molecule has 0 spiro atoms. The Morgan fingerprint density at radius 3 is 2.42 bits per heavy atom. The molecule has 0 atom stereocenters. The molecule has 5 heteroatoms. The van der Waals surface area contributed by atoms with Gasteiger partial charge in [-0.25, -0.2) is 4.79 Å². The molecule has 0 aromatic carbocycles. The minimum absolute atomic E-state index is 0.0317. The lowest BCUT2D eigenvalue weighted by molar-refractivity contribution is -0.151. The van der Waals surface area contributed by atoms with Crippen LogP contribution in [-0.2, 0) is 4.79 Å². The fourth-order valence-electron chi connectivity index (χ4n) is 2.76. The van der Waals surface area contributed by atoms with Crippen molar-refractivity contribution in [2.75, 3.05) is 19.6 Å². The second-order valence-corrected chi connectivity index (χ2v) is 5.89. The summed E-state index contributed by atoms with van der Waals surface area (Å²) < 4.78 is 0. The summed E-state index contributed by atoms with van der Waals surface area (Å²) in [4.78, 5) is 25.0. The van der Waals surface area contributed by atoms with Crippen molar-refractivity contribution in [1.29, 1.82) is 0 Å². The van der Waals surface area contributed by atoms with E-state index in [1.165, 1.54) is 12.8 Å². The molecule has 0 aromatic heterocycles. The summed E-state index contributed by atoms with van der Waals surface area (Å²) in [6.45, 7) is 3.77. The van der Waals surface area contributed by atoms with Crippen LogP contribution in [0.4, 0.5) is 4.79 Å². The van der Waals surface area contributed by atoms with Crippen LogP contribution in [0.25, 0.3) is 0 Å². The maximum Gasteiger partial charge on any atom is 0.317 e. The van der Waals surface area contributed by atoms with E-state index in [0.717, 1.165) is 18.9 Å². The average Bonchev–Trinajstić information content (AvgIpc) is 3.22. The number of likely N-dealkylation sites (tertiary alicyclic amines) is 1. The molecular weight excluding hydrogens is 244 g/mol. The molecule has 1 aliphatic carbocycles. The molecule has 2 amide bonds. The second-order valence-electron chi connectivity index (χ2n) is 5.89. The van der Waals surface area contributed by atoms with Crippen LogP contribution >= 0.6 is 0 Å². The van der Waals surface area contributed by atoms with Gasteiger partial charge in [-0.05, 0) is 31.6 Å². The van der Waals surface area contributed by atoms with Gasteiger partial charge in [0, 0.05) is 19.6 Å². The fraction of sp³-hybridized carbons (Fsp3) is 0.857. The zero-order chi connectivity index (χ0) is 13.9.